The molecule has 0 aliphatic heterocycles. The van der Waals surface area contributed by atoms with E-state index in [-0.39, 0.29) is 4.90 Å². The summed E-state index contributed by atoms with van der Waals surface area (Å²) in [6.07, 6.45) is 0.773. The van der Waals surface area contributed by atoms with Crippen molar-refractivity contribution >= 4 is 26.0 Å². The second-order valence-corrected chi connectivity index (χ2v) is 6.41. The Morgan fingerprint density at radius 3 is 2.41 bits per heavy atom. The molecule has 0 unspecified atom stereocenters. The van der Waals surface area contributed by atoms with Crippen LogP contribution < -0.4 is 0 Å². The van der Waals surface area contributed by atoms with Gasteiger partial charge in [-0.15, -0.1) is 0 Å². The van der Waals surface area contributed by atoms with E-state index in [9.17, 15) is 8.42 Å². The number of rotatable bonds is 6. The van der Waals surface area contributed by atoms with Crippen LogP contribution in [0.1, 0.15) is 24.8 Å². The van der Waals surface area contributed by atoms with Gasteiger partial charge in [-0.25, -0.2) is 8.42 Å². The smallest absolute Gasteiger partial charge is 0.248 e. The van der Waals surface area contributed by atoms with Gasteiger partial charge in [-0.05, 0) is 20.3 Å². The van der Waals surface area contributed by atoms with Crippen molar-refractivity contribution in [1.82, 2.24) is 9.46 Å². The third-order valence-corrected chi connectivity index (χ3v) is 4.87. The van der Waals surface area contributed by atoms with E-state index in [0.717, 1.165) is 6.42 Å². The Labute approximate surface area is 110 Å². The van der Waals surface area contributed by atoms with Crippen LogP contribution in [0.2, 0.25) is 0 Å². The summed E-state index contributed by atoms with van der Waals surface area (Å²) in [5, 5.41) is 4.30. The van der Waals surface area contributed by atoms with Crippen LogP contribution in [0.5, 0.6) is 0 Å². The Morgan fingerprint density at radius 2 is 2.00 bits per heavy atom. The molecule has 0 saturated carbocycles. The highest BCUT2D eigenvalue weighted by atomic mass is 79.9. The summed E-state index contributed by atoms with van der Waals surface area (Å²) in [5.41, 5.74) is 0.415. The fourth-order valence-corrected chi connectivity index (χ4v) is 4.15. The van der Waals surface area contributed by atoms with Gasteiger partial charge in [0.2, 0.25) is 10.0 Å². The lowest BCUT2D eigenvalue weighted by Gasteiger charge is -2.20. The van der Waals surface area contributed by atoms with Gasteiger partial charge in [0.25, 0.3) is 0 Å². The van der Waals surface area contributed by atoms with Crippen molar-refractivity contribution in [2.24, 2.45) is 0 Å². The van der Waals surface area contributed by atoms with Gasteiger partial charge in [0.1, 0.15) is 10.6 Å². The lowest BCUT2D eigenvalue weighted by molar-refractivity contribution is 0.388. The van der Waals surface area contributed by atoms with Crippen LogP contribution in [0.25, 0.3) is 0 Å². The van der Waals surface area contributed by atoms with Gasteiger partial charge in [0, 0.05) is 18.4 Å². The highest BCUT2D eigenvalue weighted by Crippen LogP contribution is 2.23. The van der Waals surface area contributed by atoms with E-state index in [2.05, 4.69) is 21.1 Å². The molecule has 1 rings (SSSR count). The van der Waals surface area contributed by atoms with Crippen LogP contribution >= 0.6 is 15.9 Å². The largest absolute Gasteiger partial charge is 0.360 e. The van der Waals surface area contributed by atoms with E-state index in [1.54, 1.807) is 13.8 Å². The number of hydrogen-bond donors (Lipinski definition) is 0. The molecular weight excluding hydrogens is 308 g/mol. The van der Waals surface area contributed by atoms with E-state index in [0.29, 0.717) is 29.9 Å². The van der Waals surface area contributed by atoms with Gasteiger partial charge in [-0.3, -0.25) is 0 Å². The molecule has 0 fully saturated rings. The Hall–Kier alpha value is -0.400. The topological polar surface area (TPSA) is 63.4 Å². The van der Waals surface area contributed by atoms with Gasteiger partial charge >= 0.3 is 0 Å². The van der Waals surface area contributed by atoms with Gasteiger partial charge in [0.05, 0.1) is 0 Å². The van der Waals surface area contributed by atoms with Crippen LogP contribution in [0.4, 0.5) is 0 Å². The summed E-state index contributed by atoms with van der Waals surface area (Å²) in [6.45, 7) is 6.15. The second kappa shape index (κ2) is 5.97. The average molecular weight is 325 g/mol. The van der Waals surface area contributed by atoms with E-state index in [1.165, 1.54) is 4.31 Å². The molecule has 0 atom stereocenters. The molecular formula is C10H17BrN2O3S. The molecule has 1 aromatic heterocycles. The second-order valence-electron chi connectivity index (χ2n) is 3.75. The molecule has 5 nitrogen and oxygen atoms in total. The average Bonchev–Trinajstić information content (AvgIpc) is 2.58. The van der Waals surface area contributed by atoms with E-state index in [4.69, 9.17) is 4.52 Å². The fraction of sp³-hybridized carbons (Fsp3) is 0.700. The SMILES string of the molecule is CCCN(CCBr)S(=O)(=O)c1c(C)noc1C. The van der Waals surface area contributed by atoms with Crippen molar-refractivity contribution < 1.29 is 12.9 Å². The molecule has 1 aromatic rings. The fourth-order valence-electron chi connectivity index (χ4n) is 1.67. The molecule has 0 N–H and O–H groups in total. The van der Waals surface area contributed by atoms with Gasteiger partial charge in [-0.1, -0.05) is 28.0 Å². The van der Waals surface area contributed by atoms with E-state index < -0.39 is 10.0 Å². The molecule has 0 amide bonds. The lowest BCUT2D eigenvalue weighted by Crippen LogP contribution is -2.34. The van der Waals surface area contributed by atoms with Crippen molar-refractivity contribution in [2.75, 3.05) is 18.4 Å². The van der Waals surface area contributed by atoms with E-state index in [1.807, 2.05) is 6.92 Å². The number of aryl methyl sites for hydroxylation is 2. The van der Waals surface area contributed by atoms with Gasteiger partial charge in [-0.2, -0.15) is 4.31 Å². The Morgan fingerprint density at radius 1 is 1.35 bits per heavy atom. The summed E-state index contributed by atoms with van der Waals surface area (Å²) < 4.78 is 31.2. The molecule has 0 spiro atoms. The molecule has 0 bridgehead atoms. The summed E-state index contributed by atoms with van der Waals surface area (Å²) in [5.74, 6) is 0.346. The highest BCUT2D eigenvalue weighted by molar-refractivity contribution is 9.09. The van der Waals surface area contributed by atoms with Crippen LogP contribution in [-0.4, -0.2) is 36.3 Å². The zero-order valence-electron chi connectivity index (χ0n) is 10.2. The van der Waals surface area contributed by atoms with Crippen LogP contribution in [0, 0.1) is 13.8 Å². The number of halogens is 1. The van der Waals surface area contributed by atoms with Gasteiger partial charge in [0.15, 0.2) is 5.76 Å². The zero-order chi connectivity index (χ0) is 13.1. The standard InChI is InChI=1S/C10H17BrN2O3S/c1-4-6-13(7-5-11)17(14,15)10-8(2)12-16-9(10)3/h4-7H2,1-3H3. The van der Waals surface area contributed by atoms with Crippen molar-refractivity contribution in [3.63, 3.8) is 0 Å². The van der Waals surface area contributed by atoms with Crippen molar-refractivity contribution in [1.29, 1.82) is 0 Å². The maximum atomic E-state index is 12.4. The number of aromatic nitrogens is 1. The summed E-state index contributed by atoms with van der Waals surface area (Å²) >= 11 is 3.27. The van der Waals surface area contributed by atoms with Crippen molar-refractivity contribution in [3.8, 4) is 0 Å². The third kappa shape index (κ3) is 3.08. The molecule has 0 aliphatic rings. The predicted molar refractivity (Wildman–Crippen MR) is 68.8 cm³/mol. The normalized spacial score (nSPS) is 12.3. The predicted octanol–water partition coefficient (Wildman–Crippen LogP) is 2.09. The number of alkyl halides is 1. The molecule has 0 aliphatic carbocycles. The summed E-state index contributed by atoms with van der Waals surface area (Å²) in [4.78, 5) is 0.201. The molecule has 0 radical (unpaired) electrons. The Balaban J connectivity index is 3.16. The van der Waals surface area contributed by atoms with Crippen molar-refractivity contribution in [2.45, 2.75) is 32.1 Å². The Kier molecular flexibility index (Phi) is 5.15. The molecule has 1 heterocycles. The van der Waals surface area contributed by atoms with Crippen molar-refractivity contribution in [3.05, 3.63) is 11.5 Å². The quantitative estimate of drug-likeness (QED) is 0.751. The minimum absolute atomic E-state index is 0.201. The van der Waals surface area contributed by atoms with Crippen LogP contribution in [-0.2, 0) is 10.0 Å². The number of sulfonamides is 1. The summed E-state index contributed by atoms with van der Waals surface area (Å²) in [6, 6.07) is 0. The first-order chi connectivity index (χ1) is 7.95. The molecule has 0 saturated heterocycles. The molecule has 7 heteroatoms. The maximum absolute atomic E-state index is 12.4. The monoisotopic (exact) mass is 324 g/mol. The minimum Gasteiger partial charge on any atom is -0.360 e. The maximum Gasteiger partial charge on any atom is 0.248 e. The molecule has 17 heavy (non-hydrogen) atoms. The first-order valence-electron chi connectivity index (χ1n) is 5.44. The lowest BCUT2D eigenvalue weighted by atomic mass is 10.4. The Bertz CT molecular complexity index is 444. The third-order valence-electron chi connectivity index (χ3n) is 2.37. The van der Waals surface area contributed by atoms with E-state index >= 15 is 0 Å². The summed E-state index contributed by atoms with van der Waals surface area (Å²) in [7, 11) is -3.50. The van der Waals surface area contributed by atoms with Gasteiger partial charge < -0.3 is 4.52 Å². The number of hydrogen-bond acceptors (Lipinski definition) is 4. The number of nitrogens with zero attached hydrogens (tertiary/aromatic N) is 2. The highest BCUT2D eigenvalue weighted by Gasteiger charge is 2.29. The first-order valence-corrected chi connectivity index (χ1v) is 8.00. The molecule has 98 valence electrons. The first kappa shape index (κ1) is 14.7. The van der Waals surface area contributed by atoms with Crippen LogP contribution in [0.3, 0.4) is 0 Å². The minimum atomic E-state index is -3.50. The zero-order valence-corrected chi connectivity index (χ0v) is 12.6. The molecule has 0 aromatic carbocycles. The van der Waals surface area contributed by atoms with Crippen LogP contribution in [0.15, 0.2) is 9.42 Å².